The van der Waals surface area contributed by atoms with E-state index in [4.69, 9.17) is 14.8 Å². The molecule has 0 spiro atoms. The van der Waals surface area contributed by atoms with Crippen molar-refractivity contribution < 1.29 is 14.6 Å². The van der Waals surface area contributed by atoms with Crippen LogP contribution >= 0.6 is 0 Å². The van der Waals surface area contributed by atoms with Crippen LogP contribution in [0, 0.1) is 0 Å². The number of benzene rings is 2. The van der Waals surface area contributed by atoms with Gasteiger partial charge in [0, 0.05) is 24.1 Å². The Kier molecular flexibility index (Phi) is 6.12. The summed E-state index contributed by atoms with van der Waals surface area (Å²) in [4.78, 5) is 15.4. The molecule has 0 bridgehead atoms. The van der Waals surface area contributed by atoms with Crippen LogP contribution in [-0.2, 0) is 4.79 Å². The van der Waals surface area contributed by atoms with Crippen molar-refractivity contribution in [1.29, 1.82) is 0 Å². The Morgan fingerprint density at radius 3 is 2.59 bits per heavy atom. The molecular weight excluding hydrogens is 340 g/mol. The van der Waals surface area contributed by atoms with Gasteiger partial charge in [0.15, 0.2) is 0 Å². The summed E-state index contributed by atoms with van der Waals surface area (Å²) in [7, 11) is 0. The zero-order valence-electron chi connectivity index (χ0n) is 15.9. The molecule has 5 heteroatoms. The second kappa shape index (κ2) is 8.71. The quantitative estimate of drug-likeness (QED) is 0.521. The highest BCUT2D eigenvalue weighted by atomic mass is 16.5. The SMILES string of the molecule is CC(C)n1c(-c2ccccc2)nc2ccc(OCCCCCC(=O)O)cc21. The minimum Gasteiger partial charge on any atom is -0.494 e. The summed E-state index contributed by atoms with van der Waals surface area (Å²) < 4.78 is 8.12. The third kappa shape index (κ3) is 4.67. The molecule has 142 valence electrons. The van der Waals surface area contributed by atoms with Gasteiger partial charge in [-0.2, -0.15) is 0 Å². The van der Waals surface area contributed by atoms with Gasteiger partial charge in [-0.3, -0.25) is 4.79 Å². The number of unbranched alkanes of at least 4 members (excludes halogenated alkanes) is 2. The predicted molar refractivity (Wildman–Crippen MR) is 107 cm³/mol. The number of aliphatic carboxylic acids is 1. The van der Waals surface area contributed by atoms with E-state index in [1.807, 2.05) is 36.4 Å². The average molecular weight is 366 g/mol. The molecular formula is C22H26N2O3. The summed E-state index contributed by atoms with van der Waals surface area (Å²) >= 11 is 0. The Hall–Kier alpha value is -2.82. The van der Waals surface area contributed by atoms with Crippen LogP contribution in [0.2, 0.25) is 0 Å². The van der Waals surface area contributed by atoms with Crippen molar-refractivity contribution in [2.45, 2.75) is 45.6 Å². The third-order valence-corrected chi connectivity index (χ3v) is 4.51. The molecule has 0 atom stereocenters. The maximum absolute atomic E-state index is 10.5. The van der Waals surface area contributed by atoms with Gasteiger partial charge in [0.1, 0.15) is 11.6 Å². The lowest BCUT2D eigenvalue weighted by Gasteiger charge is -2.14. The fourth-order valence-corrected chi connectivity index (χ4v) is 3.22. The highest BCUT2D eigenvalue weighted by Crippen LogP contribution is 2.30. The second-order valence-corrected chi connectivity index (χ2v) is 6.97. The molecule has 0 radical (unpaired) electrons. The van der Waals surface area contributed by atoms with Gasteiger partial charge in [0.2, 0.25) is 0 Å². The molecule has 0 aliphatic rings. The van der Waals surface area contributed by atoms with E-state index in [1.165, 1.54) is 0 Å². The minimum atomic E-state index is -0.738. The molecule has 5 nitrogen and oxygen atoms in total. The zero-order valence-corrected chi connectivity index (χ0v) is 15.9. The number of carboxylic acids is 1. The van der Waals surface area contributed by atoms with Crippen molar-refractivity contribution in [3.05, 3.63) is 48.5 Å². The van der Waals surface area contributed by atoms with E-state index < -0.39 is 5.97 Å². The van der Waals surface area contributed by atoms with E-state index in [0.717, 1.165) is 41.0 Å². The summed E-state index contributed by atoms with van der Waals surface area (Å²) in [5, 5.41) is 8.66. The van der Waals surface area contributed by atoms with Crippen LogP contribution in [0.25, 0.3) is 22.4 Å². The average Bonchev–Trinajstić information content (AvgIpc) is 3.04. The van der Waals surface area contributed by atoms with Gasteiger partial charge in [0.05, 0.1) is 17.6 Å². The number of carbonyl (C=O) groups is 1. The lowest BCUT2D eigenvalue weighted by Crippen LogP contribution is -2.03. The lowest BCUT2D eigenvalue weighted by molar-refractivity contribution is -0.137. The Morgan fingerprint density at radius 1 is 1.11 bits per heavy atom. The number of nitrogens with zero attached hydrogens (tertiary/aromatic N) is 2. The Bertz CT molecular complexity index is 901. The van der Waals surface area contributed by atoms with E-state index in [0.29, 0.717) is 13.0 Å². The number of carboxylic acid groups (broad SMARTS) is 1. The van der Waals surface area contributed by atoms with Crippen molar-refractivity contribution in [2.24, 2.45) is 0 Å². The monoisotopic (exact) mass is 366 g/mol. The van der Waals surface area contributed by atoms with Crippen LogP contribution in [0.1, 0.15) is 45.6 Å². The predicted octanol–water partition coefficient (Wildman–Crippen LogP) is 5.31. The van der Waals surface area contributed by atoms with Gasteiger partial charge in [-0.05, 0) is 45.2 Å². The first-order chi connectivity index (χ1) is 13.1. The van der Waals surface area contributed by atoms with Crippen molar-refractivity contribution in [3.63, 3.8) is 0 Å². The van der Waals surface area contributed by atoms with Crippen LogP contribution < -0.4 is 4.74 Å². The molecule has 2 aromatic carbocycles. The second-order valence-electron chi connectivity index (χ2n) is 6.97. The van der Waals surface area contributed by atoms with Crippen LogP contribution in [-0.4, -0.2) is 27.2 Å². The van der Waals surface area contributed by atoms with Gasteiger partial charge in [-0.15, -0.1) is 0 Å². The summed E-state index contributed by atoms with van der Waals surface area (Å²) in [6.45, 7) is 4.90. The lowest BCUT2D eigenvalue weighted by atomic mass is 10.2. The number of fused-ring (bicyclic) bond motifs is 1. The first kappa shape index (κ1) is 19.0. The molecule has 1 aromatic heterocycles. The van der Waals surface area contributed by atoms with E-state index in [2.05, 4.69) is 30.5 Å². The van der Waals surface area contributed by atoms with E-state index in [-0.39, 0.29) is 12.5 Å². The smallest absolute Gasteiger partial charge is 0.303 e. The number of hydrogen-bond acceptors (Lipinski definition) is 3. The van der Waals surface area contributed by atoms with Crippen molar-refractivity contribution in [3.8, 4) is 17.1 Å². The Balaban J connectivity index is 1.76. The molecule has 0 unspecified atom stereocenters. The largest absolute Gasteiger partial charge is 0.494 e. The van der Waals surface area contributed by atoms with Gasteiger partial charge in [-0.1, -0.05) is 30.3 Å². The molecule has 0 saturated carbocycles. The molecule has 0 aliphatic carbocycles. The zero-order chi connectivity index (χ0) is 19.2. The highest BCUT2D eigenvalue weighted by molar-refractivity contribution is 5.82. The number of hydrogen-bond donors (Lipinski definition) is 1. The normalized spacial score (nSPS) is 11.2. The minimum absolute atomic E-state index is 0.224. The maximum atomic E-state index is 10.5. The summed E-state index contributed by atoms with van der Waals surface area (Å²) in [6.07, 6.45) is 2.63. The number of imidazole rings is 1. The van der Waals surface area contributed by atoms with Gasteiger partial charge >= 0.3 is 5.97 Å². The summed E-state index contributed by atoms with van der Waals surface area (Å²) in [5.41, 5.74) is 3.12. The van der Waals surface area contributed by atoms with Crippen LogP contribution in [0.3, 0.4) is 0 Å². The molecule has 1 heterocycles. The van der Waals surface area contributed by atoms with Crippen molar-refractivity contribution in [1.82, 2.24) is 9.55 Å². The van der Waals surface area contributed by atoms with E-state index in [1.54, 1.807) is 0 Å². The van der Waals surface area contributed by atoms with Gasteiger partial charge < -0.3 is 14.4 Å². The first-order valence-electron chi connectivity index (χ1n) is 9.48. The molecule has 0 amide bonds. The molecule has 27 heavy (non-hydrogen) atoms. The standard InChI is InChI=1S/C22H26N2O3/c1-16(2)24-20-15-18(27-14-8-4-7-11-21(25)26)12-13-19(20)23-22(24)17-9-5-3-6-10-17/h3,5-6,9-10,12-13,15-16H,4,7-8,11,14H2,1-2H3,(H,25,26). The molecule has 3 aromatic rings. The number of aromatic nitrogens is 2. The van der Waals surface area contributed by atoms with Crippen molar-refractivity contribution in [2.75, 3.05) is 6.61 Å². The number of ether oxygens (including phenoxy) is 1. The van der Waals surface area contributed by atoms with Gasteiger partial charge in [0.25, 0.3) is 0 Å². The summed E-state index contributed by atoms with van der Waals surface area (Å²) in [6, 6.07) is 16.5. The van der Waals surface area contributed by atoms with Gasteiger partial charge in [-0.25, -0.2) is 4.98 Å². The Labute approximate surface area is 159 Å². The van der Waals surface area contributed by atoms with E-state index >= 15 is 0 Å². The third-order valence-electron chi connectivity index (χ3n) is 4.51. The fourth-order valence-electron chi connectivity index (χ4n) is 3.22. The van der Waals surface area contributed by atoms with Crippen LogP contribution in [0.4, 0.5) is 0 Å². The Morgan fingerprint density at radius 2 is 1.89 bits per heavy atom. The first-order valence-corrected chi connectivity index (χ1v) is 9.48. The summed E-state index contributed by atoms with van der Waals surface area (Å²) in [5.74, 6) is 1.05. The van der Waals surface area contributed by atoms with Crippen LogP contribution in [0.5, 0.6) is 5.75 Å². The maximum Gasteiger partial charge on any atom is 0.303 e. The van der Waals surface area contributed by atoms with Crippen molar-refractivity contribution >= 4 is 17.0 Å². The topological polar surface area (TPSA) is 64.4 Å². The molecule has 1 N–H and O–H groups in total. The fraction of sp³-hybridized carbons (Fsp3) is 0.364. The molecule has 0 fully saturated rings. The number of rotatable bonds is 9. The molecule has 3 rings (SSSR count). The molecule has 0 saturated heterocycles. The highest BCUT2D eigenvalue weighted by Gasteiger charge is 2.15. The van der Waals surface area contributed by atoms with Crippen LogP contribution in [0.15, 0.2) is 48.5 Å². The molecule has 0 aliphatic heterocycles. The van der Waals surface area contributed by atoms with E-state index in [9.17, 15) is 4.79 Å².